The van der Waals surface area contributed by atoms with Gasteiger partial charge in [0.15, 0.2) is 11.5 Å². The fraction of sp³-hybridized carbons (Fsp3) is 0.185. The van der Waals surface area contributed by atoms with Crippen molar-refractivity contribution in [3.63, 3.8) is 0 Å². The molecule has 9 nitrogen and oxygen atoms in total. The highest BCUT2D eigenvalue weighted by Gasteiger charge is 2.37. The Hall–Kier alpha value is -4.44. The van der Waals surface area contributed by atoms with E-state index in [4.69, 9.17) is 25.8 Å². The van der Waals surface area contributed by atoms with Crippen LogP contribution in [0, 0.1) is 11.2 Å². The topological polar surface area (TPSA) is 112 Å². The Bertz CT molecular complexity index is 1510. The standard InChI is InChI=1S/C27H24ClFN4O5/c1-27(2,25(34)32-17-7-5-16(29)6-8-17)26(35)33-20-11-15(28)14-31-24(20)38-21-9-10-30-19-13-23(37-4)22(36-3)12-18(19)21/h5-14H,1-4H3,(H,32,34)(H,33,35). The lowest BCUT2D eigenvalue weighted by atomic mass is 9.90. The van der Waals surface area contributed by atoms with Crippen LogP contribution in [0.3, 0.4) is 0 Å². The molecule has 2 heterocycles. The molecule has 196 valence electrons. The third kappa shape index (κ3) is 5.60. The molecule has 0 atom stereocenters. The zero-order chi connectivity index (χ0) is 27.4. The first kappa shape index (κ1) is 26.6. The number of pyridine rings is 2. The molecule has 0 unspecified atom stereocenters. The van der Waals surface area contributed by atoms with Crippen LogP contribution in [-0.2, 0) is 9.59 Å². The summed E-state index contributed by atoms with van der Waals surface area (Å²) in [5.74, 6) is -0.278. The minimum atomic E-state index is -1.53. The van der Waals surface area contributed by atoms with Crippen molar-refractivity contribution < 1.29 is 28.2 Å². The van der Waals surface area contributed by atoms with E-state index in [1.54, 1.807) is 24.4 Å². The van der Waals surface area contributed by atoms with Crippen molar-refractivity contribution in [3.05, 3.63) is 71.8 Å². The Balaban J connectivity index is 1.61. The Morgan fingerprint density at radius 1 is 0.895 bits per heavy atom. The van der Waals surface area contributed by atoms with Gasteiger partial charge in [-0.2, -0.15) is 0 Å². The average molecular weight is 539 g/mol. The summed E-state index contributed by atoms with van der Waals surface area (Å²) in [6, 6.07) is 11.7. The molecule has 0 aliphatic carbocycles. The lowest BCUT2D eigenvalue weighted by Crippen LogP contribution is -2.41. The first-order valence-electron chi connectivity index (χ1n) is 11.3. The third-order valence-corrected chi connectivity index (χ3v) is 5.92. The highest BCUT2D eigenvalue weighted by atomic mass is 35.5. The number of amides is 2. The highest BCUT2D eigenvalue weighted by molar-refractivity contribution is 6.30. The first-order chi connectivity index (χ1) is 18.1. The molecule has 0 saturated carbocycles. The molecular weight excluding hydrogens is 515 g/mol. The monoisotopic (exact) mass is 538 g/mol. The second-order valence-corrected chi connectivity index (χ2v) is 9.12. The van der Waals surface area contributed by atoms with Gasteiger partial charge >= 0.3 is 0 Å². The summed E-state index contributed by atoms with van der Waals surface area (Å²) >= 11 is 6.15. The summed E-state index contributed by atoms with van der Waals surface area (Å²) in [7, 11) is 3.04. The molecule has 4 rings (SSSR count). The summed E-state index contributed by atoms with van der Waals surface area (Å²) in [6.07, 6.45) is 2.92. The molecule has 38 heavy (non-hydrogen) atoms. The number of nitrogens with zero attached hydrogens (tertiary/aromatic N) is 2. The number of nitrogens with one attached hydrogen (secondary N) is 2. The molecule has 0 radical (unpaired) electrons. The van der Waals surface area contributed by atoms with Crippen LogP contribution in [0.4, 0.5) is 15.8 Å². The first-order valence-corrected chi connectivity index (χ1v) is 11.7. The number of benzene rings is 2. The number of ether oxygens (including phenoxy) is 3. The minimum absolute atomic E-state index is 0.0415. The van der Waals surface area contributed by atoms with E-state index in [1.165, 1.54) is 64.6 Å². The SMILES string of the molecule is COc1cc2nccc(Oc3ncc(Cl)cc3NC(=O)C(C)(C)C(=O)Nc3ccc(F)cc3)c2cc1OC. The number of hydrogen-bond acceptors (Lipinski definition) is 7. The minimum Gasteiger partial charge on any atom is -0.493 e. The summed E-state index contributed by atoms with van der Waals surface area (Å²) in [4.78, 5) is 34.7. The Morgan fingerprint density at radius 2 is 1.55 bits per heavy atom. The van der Waals surface area contributed by atoms with Gasteiger partial charge in [0.05, 0.1) is 24.8 Å². The largest absolute Gasteiger partial charge is 0.493 e. The maximum Gasteiger partial charge on any atom is 0.243 e. The zero-order valence-corrected chi connectivity index (χ0v) is 21.7. The molecular formula is C27H24ClFN4O5. The smallest absolute Gasteiger partial charge is 0.243 e. The van der Waals surface area contributed by atoms with Crippen LogP contribution in [0.5, 0.6) is 23.1 Å². The molecule has 2 aromatic heterocycles. The number of fused-ring (bicyclic) bond motifs is 1. The van der Waals surface area contributed by atoms with Gasteiger partial charge in [0.2, 0.25) is 17.7 Å². The number of anilines is 2. The van der Waals surface area contributed by atoms with E-state index < -0.39 is 23.0 Å². The number of carbonyl (C=O) groups is 2. The van der Waals surface area contributed by atoms with Crippen molar-refractivity contribution in [2.24, 2.45) is 5.41 Å². The third-order valence-electron chi connectivity index (χ3n) is 5.72. The number of rotatable bonds is 8. The fourth-order valence-electron chi connectivity index (χ4n) is 3.44. The van der Waals surface area contributed by atoms with Gasteiger partial charge in [0, 0.05) is 29.5 Å². The van der Waals surface area contributed by atoms with Crippen LogP contribution in [0.1, 0.15) is 13.8 Å². The Kier molecular flexibility index (Phi) is 7.63. The van der Waals surface area contributed by atoms with E-state index in [2.05, 4.69) is 20.6 Å². The lowest BCUT2D eigenvalue weighted by Gasteiger charge is -2.23. The normalized spacial score (nSPS) is 11.1. The van der Waals surface area contributed by atoms with Crippen molar-refractivity contribution in [2.45, 2.75) is 13.8 Å². The molecule has 2 N–H and O–H groups in total. The molecule has 0 spiro atoms. The Labute approximate surface area is 222 Å². The number of methoxy groups -OCH3 is 2. The quantitative estimate of drug-likeness (QED) is 0.271. The number of hydrogen-bond donors (Lipinski definition) is 2. The second-order valence-electron chi connectivity index (χ2n) is 8.68. The van der Waals surface area contributed by atoms with E-state index in [-0.39, 0.29) is 16.6 Å². The number of carbonyl (C=O) groups excluding carboxylic acids is 2. The Morgan fingerprint density at radius 3 is 2.24 bits per heavy atom. The molecule has 2 aromatic carbocycles. The number of halogens is 2. The zero-order valence-electron chi connectivity index (χ0n) is 21.0. The van der Waals surface area contributed by atoms with E-state index >= 15 is 0 Å². The van der Waals surface area contributed by atoms with Crippen LogP contribution < -0.4 is 24.8 Å². The van der Waals surface area contributed by atoms with Crippen LogP contribution in [0.15, 0.2) is 60.9 Å². The van der Waals surface area contributed by atoms with Gasteiger partial charge in [-0.3, -0.25) is 14.6 Å². The van der Waals surface area contributed by atoms with E-state index in [9.17, 15) is 14.0 Å². The van der Waals surface area contributed by atoms with E-state index in [0.29, 0.717) is 33.8 Å². The maximum atomic E-state index is 13.2. The molecule has 0 saturated heterocycles. The molecule has 4 aromatic rings. The maximum absolute atomic E-state index is 13.2. The van der Waals surface area contributed by atoms with E-state index in [0.717, 1.165) is 0 Å². The fourth-order valence-corrected chi connectivity index (χ4v) is 3.60. The highest BCUT2D eigenvalue weighted by Crippen LogP contribution is 2.38. The molecule has 0 aliphatic rings. The van der Waals surface area contributed by atoms with E-state index in [1.807, 2.05) is 0 Å². The van der Waals surface area contributed by atoms with Gasteiger partial charge in [-0.25, -0.2) is 9.37 Å². The summed E-state index contributed by atoms with van der Waals surface area (Å²) < 4.78 is 30.0. The van der Waals surface area contributed by atoms with Crippen LogP contribution in [-0.4, -0.2) is 36.0 Å². The molecule has 0 aliphatic heterocycles. The van der Waals surface area contributed by atoms with Gasteiger partial charge in [-0.15, -0.1) is 0 Å². The molecule has 11 heteroatoms. The molecule has 2 amide bonds. The predicted molar refractivity (Wildman–Crippen MR) is 142 cm³/mol. The number of aromatic nitrogens is 2. The van der Waals surface area contributed by atoms with Gasteiger partial charge in [0.1, 0.15) is 22.7 Å². The van der Waals surface area contributed by atoms with Crippen molar-refractivity contribution in [1.29, 1.82) is 0 Å². The summed E-state index contributed by atoms with van der Waals surface area (Å²) in [5.41, 5.74) is -0.447. The van der Waals surface area contributed by atoms with Gasteiger partial charge in [-0.05, 0) is 56.3 Å². The lowest BCUT2D eigenvalue weighted by molar-refractivity contribution is -0.135. The van der Waals surface area contributed by atoms with Crippen LogP contribution in [0.2, 0.25) is 5.02 Å². The van der Waals surface area contributed by atoms with Gasteiger partial charge < -0.3 is 24.8 Å². The summed E-state index contributed by atoms with van der Waals surface area (Å²) in [6.45, 7) is 2.91. The van der Waals surface area contributed by atoms with Crippen molar-refractivity contribution >= 4 is 45.7 Å². The van der Waals surface area contributed by atoms with Crippen LogP contribution >= 0.6 is 11.6 Å². The van der Waals surface area contributed by atoms with Crippen molar-refractivity contribution in [3.8, 4) is 23.1 Å². The summed E-state index contributed by atoms with van der Waals surface area (Å²) in [5, 5.41) is 6.15. The van der Waals surface area contributed by atoms with Crippen molar-refractivity contribution in [2.75, 3.05) is 24.9 Å². The molecule has 0 fully saturated rings. The van der Waals surface area contributed by atoms with Gasteiger partial charge in [-0.1, -0.05) is 11.6 Å². The average Bonchev–Trinajstić information content (AvgIpc) is 2.90. The van der Waals surface area contributed by atoms with Gasteiger partial charge in [0.25, 0.3) is 0 Å². The van der Waals surface area contributed by atoms with Crippen molar-refractivity contribution in [1.82, 2.24) is 9.97 Å². The predicted octanol–water partition coefficient (Wildman–Crippen LogP) is 5.84. The van der Waals surface area contributed by atoms with Crippen LogP contribution in [0.25, 0.3) is 10.9 Å². The second kappa shape index (κ2) is 10.9. The molecule has 0 bridgehead atoms.